The van der Waals surface area contributed by atoms with Crippen LogP contribution in [0.1, 0.15) is 5.56 Å². The third-order valence-corrected chi connectivity index (χ3v) is 4.78. The minimum absolute atomic E-state index is 0.0243. The van der Waals surface area contributed by atoms with Gasteiger partial charge in [-0.15, -0.1) is 5.10 Å². The van der Waals surface area contributed by atoms with E-state index in [1.165, 1.54) is 17.0 Å². The van der Waals surface area contributed by atoms with Crippen LogP contribution in [-0.2, 0) is 6.61 Å². The summed E-state index contributed by atoms with van der Waals surface area (Å²) in [6.45, 7) is 0.147. The monoisotopic (exact) mass is 426 g/mol. The number of benzene rings is 2. The highest BCUT2D eigenvalue weighted by molar-refractivity contribution is 9.13. The second-order valence-corrected chi connectivity index (χ2v) is 6.13. The lowest BCUT2D eigenvalue weighted by Crippen LogP contribution is -2.12. The minimum atomic E-state index is -0.441. The first-order valence-electron chi connectivity index (χ1n) is 6.11. The van der Waals surface area contributed by atoms with Crippen molar-refractivity contribution in [3.8, 4) is 0 Å². The van der Waals surface area contributed by atoms with Gasteiger partial charge in [-0.1, -0.05) is 17.0 Å². The van der Waals surface area contributed by atoms with Crippen LogP contribution in [0.2, 0.25) is 0 Å². The maximum Gasteiger partial charge on any atom is 0.269 e. The van der Waals surface area contributed by atoms with Gasteiger partial charge in [0.15, 0.2) is 0 Å². The summed E-state index contributed by atoms with van der Waals surface area (Å²) in [6, 6.07) is 9.91. The molecule has 3 aromatic rings. The Morgan fingerprint density at radius 2 is 2.00 bits per heavy atom. The van der Waals surface area contributed by atoms with Gasteiger partial charge in [-0.25, -0.2) is 0 Å². The van der Waals surface area contributed by atoms with Crippen molar-refractivity contribution in [3.05, 3.63) is 61.0 Å². The van der Waals surface area contributed by atoms with Crippen LogP contribution in [-0.4, -0.2) is 20.1 Å². The fourth-order valence-electron chi connectivity index (χ4n) is 1.89. The second kappa shape index (κ2) is 6.01. The molecule has 0 saturated carbocycles. The fraction of sp³-hybridized carbons (Fsp3) is 0.0769. The molecule has 22 heavy (non-hydrogen) atoms. The van der Waals surface area contributed by atoms with Gasteiger partial charge in [0.25, 0.3) is 5.69 Å². The van der Waals surface area contributed by atoms with Crippen LogP contribution in [0.15, 0.2) is 45.3 Å². The van der Waals surface area contributed by atoms with E-state index in [0.717, 1.165) is 8.95 Å². The molecule has 1 aromatic heterocycles. The Hall–Kier alpha value is -2.00. The average Bonchev–Trinajstić information content (AvgIpc) is 2.88. The van der Waals surface area contributed by atoms with Crippen LogP contribution in [0, 0.1) is 10.1 Å². The highest BCUT2D eigenvalue weighted by Crippen LogP contribution is 2.27. The summed E-state index contributed by atoms with van der Waals surface area (Å²) in [6.07, 6.45) is 0. The number of nitro groups is 1. The molecule has 3 rings (SSSR count). The number of rotatable bonds is 4. The van der Waals surface area contributed by atoms with Gasteiger partial charge in [0.2, 0.25) is 0 Å². The Balaban J connectivity index is 1.84. The van der Waals surface area contributed by atoms with Crippen molar-refractivity contribution in [1.29, 1.82) is 0 Å². The molecule has 0 fully saturated rings. The maximum atomic E-state index is 10.8. The first-order chi connectivity index (χ1) is 10.5. The second-order valence-electron chi connectivity index (χ2n) is 4.42. The summed E-state index contributed by atoms with van der Waals surface area (Å²) in [5, 5.41) is 18.7. The smallest absolute Gasteiger partial charge is 0.269 e. The lowest BCUT2D eigenvalue weighted by atomic mass is 10.2. The number of nitrogens with zero attached hydrogens (tertiary/aromatic N) is 4. The van der Waals surface area contributed by atoms with Crippen molar-refractivity contribution in [3.63, 3.8) is 0 Å². The highest BCUT2D eigenvalue weighted by atomic mass is 79.9. The summed E-state index contributed by atoms with van der Waals surface area (Å²) in [5.74, 6) is 0. The van der Waals surface area contributed by atoms with Crippen LogP contribution < -0.4 is 4.84 Å². The van der Waals surface area contributed by atoms with E-state index in [1.807, 2.05) is 12.1 Å². The van der Waals surface area contributed by atoms with Crippen molar-refractivity contribution in [1.82, 2.24) is 15.2 Å². The van der Waals surface area contributed by atoms with Gasteiger partial charge < -0.3 is 4.84 Å². The number of hydrogen-bond acceptors (Lipinski definition) is 5. The Bertz CT molecular complexity index is 866. The molecule has 1 heterocycles. The molecule has 0 N–H and O–H groups in total. The molecule has 0 aliphatic heterocycles. The van der Waals surface area contributed by atoms with Crippen molar-refractivity contribution < 1.29 is 9.76 Å². The molecule has 0 radical (unpaired) electrons. The van der Waals surface area contributed by atoms with Crippen LogP contribution >= 0.6 is 31.9 Å². The lowest BCUT2D eigenvalue weighted by Gasteiger charge is -2.06. The van der Waals surface area contributed by atoms with Gasteiger partial charge in [-0.3, -0.25) is 10.1 Å². The highest BCUT2D eigenvalue weighted by Gasteiger charge is 2.10. The summed E-state index contributed by atoms with van der Waals surface area (Å²) >= 11 is 6.80. The van der Waals surface area contributed by atoms with Crippen LogP contribution in [0.3, 0.4) is 0 Å². The van der Waals surface area contributed by atoms with Gasteiger partial charge >= 0.3 is 0 Å². The van der Waals surface area contributed by atoms with Crippen LogP contribution in [0.5, 0.6) is 0 Å². The fourth-order valence-corrected chi connectivity index (χ4v) is 2.55. The standard InChI is InChI=1S/C13H8Br2N4O3/c14-10-5-12-13(6-11(10)15)18(17-16-12)22-7-8-2-1-3-9(4-8)19(20)21/h1-6H,7H2. The molecule has 0 atom stereocenters. The van der Waals surface area contributed by atoms with Crippen molar-refractivity contribution >= 4 is 48.6 Å². The third-order valence-electron chi connectivity index (χ3n) is 2.93. The van der Waals surface area contributed by atoms with E-state index in [1.54, 1.807) is 12.1 Å². The van der Waals surface area contributed by atoms with Gasteiger partial charge in [-0.2, -0.15) is 0 Å². The van der Waals surface area contributed by atoms with E-state index in [9.17, 15) is 10.1 Å². The molecule has 0 unspecified atom stereocenters. The van der Waals surface area contributed by atoms with E-state index < -0.39 is 4.92 Å². The van der Waals surface area contributed by atoms with E-state index in [2.05, 4.69) is 42.2 Å². The minimum Gasteiger partial charge on any atom is -0.390 e. The molecule has 7 nitrogen and oxygen atoms in total. The molecule has 0 spiro atoms. The summed E-state index contributed by atoms with van der Waals surface area (Å²) < 4.78 is 1.72. The molecule has 9 heteroatoms. The van der Waals surface area contributed by atoms with E-state index >= 15 is 0 Å². The number of halogens is 2. The lowest BCUT2D eigenvalue weighted by molar-refractivity contribution is -0.384. The molecular formula is C13H8Br2N4O3. The zero-order valence-corrected chi connectivity index (χ0v) is 14.1. The van der Waals surface area contributed by atoms with Crippen molar-refractivity contribution in [2.45, 2.75) is 6.61 Å². The van der Waals surface area contributed by atoms with Crippen molar-refractivity contribution in [2.24, 2.45) is 0 Å². The largest absolute Gasteiger partial charge is 0.390 e. The average molecular weight is 428 g/mol. The number of hydrogen-bond donors (Lipinski definition) is 0. The number of nitro benzene ring substituents is 1. The quantitative estimate of drug-likeness (QED) is 0.470. The first-order valence-corrected chi connectivity index (χ1v) is 7.70. The summed E-state index contributed by atoms with van der Waals surface area (Å²) in [7, 11) is 0. The zero-order chi connectivity index (χ0) is 15.7. The normalized spacial score (nSPS) is 10.8. The third kappa shape index (κ3) is 2.95. The Morgan fingerprint density at radius 3 is 2.77 bits per heavy atom. The number of aromatic nitrogens is 3. The molecule has 0 aliphatic carbocycles. The molecule has 2 aromatic carbocycles. The summed E-state index contributed by atoms with van der Waals surface area (Å²) in [5.41, 5.74) is 2.07. The van der Waals surface area contributed by atoms with Gasteiger partial charge in [0.1, 0.15) is 17.6 Å². The number of non-ortho nitro benzene ring substituents is 1. The van der Waals surface area contributed by atoms with Gasteiger partial charge in [0, 0.05) is 21.1 Å². The molecular weight excluding hydrogens is 420 g/mol. The van der Waals surface area contributed by atoms with E-state index in [4.69, 9.17) is 4.84 Å². The van der Waals surface area contributed by atoms with E-state index in [0.29, 0.717) is 16.6 Å². The van der Waals surface area contributed by atoms with Crippen molar-refractivity contribution in [2.75, 3.05) is 0 Å². The SMILES string of the molecule is O=[N+]([O-])c1cccc(COn2nnc3cc(Br)c(Br)cc32)c1. The van der Waals surface area contributed by atoms with Gasteiger partial charge in [0.05, 0.1) is 4.92 Å². The van der Waals surface area contributed by atoms with E-state index in [-0.39, 0.29) is 12.3 Å². The Labute approximate surface area is 141 Å². The first kappa shape index (κ1) is 14.9. The van der Waals surface area contributed by atoms with Crippen LogP contribution in [0.4, 0.5) is 5.69 Å². The summed E-state index contributed by atoms with van der Waals surface area (Å²) in [4.78, 5) is 17.2. The van der Waals surface area contributed by atoms with Gasteiger partial charge in [-0.05, 0) is 54.8 Å². The topological polar surface area (TPSA) is 83.1 Å². The maximum absolute atomic E-state index is 10.8. The predicted octanol–water partition coefficient (Wildman–Crippen LogP) is 3.49. The molecule has 0 bridgehead atoms. The molecule has 112 valence electrons. The molecule has 0 saturated heterocycles. The molecule has 0 amide bonds. The van der Waals surface area contributed by atoms with Crippen LogP contribution in [0.25, 0.3) is 11.0 Å². The predicted molar refractivity (Wildman–Crippen MR) is 86.3 cm³/mol. The Kier molecular flexibility index (Phi) is 4.08. The molecule has 0 aliphatic rings. The zero-order valence-electron chi connectivity index (χ0n) is 10.9. The number of fused-ring (bicyclic) bond motifs is 1. The Morgan fingerprint density at radius 1 is 1.23 bits per heavy atom.